The van der Waals surface area contributed by atoms with Crippen molar-refractivity contribution in [3.05, 3.63) is 90.3 Å². The van der Waals surface area contributed by atoms with Gasteiger partial charge in [0.2, 0.25) is 10.0 Å². The first kappa shape index (κ1) is 25.4. The van der Waals surface area contributed by atoms with E-state index in [4.69, 9.17) is 18.0 Å². The maximum absolute atomic E-state index is 13.8. The van der Waals surface area contributed by atoms with Gasteiger partial charge in [-0.3, -0.25) is 23.4 Å². The van der Waals surface area contributed by atoms with Gasteiger partial charge in [0.05, 0.1) is 34.0 Å². The number of aryl methyl sites for hydroxylation is 1. The average Bonchev–Trinajstić information content (AvgIpc) is 3.67. The van der Waals surface area contributed by atoms with Crippen LogP contribution in [0.15, 0.2) is 62.9 Å². The molecule has 2 aromatic heterocycles. The fraction of sp³-hybridized carbons (Fsp3) is 0.192. The van der Waals surface area contributed by atoms with E-state index in [9.17, 15) is 22.8 Å². The number of pyridine rings is 1. The molecular weight excluding hydrogens is 530 g/mol. The molecule has 10 nitrogen and oxygen atoms in total. The summed E-state index contributed by atoms with van der Waals surface area (Å²) in [7, 11) is -2.14. The van der Waals surface area contributed by atoms with Crippen LogP contribution in [0, 0.1) is 12.3 Å². The number of rotatable bonds is 6. The van der Waals surface area contributed by atoms with Crippen LogP contribution in [0.4, 0.5) is 17.1 Å². The van der Waals surface area contributed by atoms with Crippen LogP contribution in [0.1, 0.15) is 24.4 Å². The molecule has 38 heavy (non-hydrogen) atoms. The molecule has 0 radical (unpaired) electrons. The monoisotopic (exact) mass is 551 g/mol. The fourth-order valence-corrected chi connectivity index (χ4v) is 5.11. The molecule has 1 aliphatic rings. The van der Waals surface area contributed by atoms with Crippen LogP contribution in [0.3, 0.4) is 0 Å². The summed E-state index contributed by atoms with van der Waals surface area (Å²) in [5, 5.41) is 3.45. The van der Waals surface area contributed by atoms with E-state index in [-0.39, 0.29) is 39.2 Å². The minimum Gasteiger partial charge on any atom is -0.353 e. The summed E-state index contributed by atoms with van der Waals surface area (Å²) in [4.78, 5) is 40.6. The number of anilines is 3. The predicted molar refractivity (Wildman–Crippen MR) is 148 cm³/mol. The molecule has 0 saturated heterocycles. The maximum atomic E-state index is 13.8. The third-order valence-corrected chi connectivity index (χ3v) is 7.09. The van der Waals surface area contributed by atoms with E-state index in [1.54, 1.807) is 30.3 Å². The molecule has 0 atom stereocenters. The van der Waals surface area contributed by atoms with Crippen molar-refractivity contribution in [2.24, 2.45) is 7.05 Å². The van der Waals surface area contributed by atoms with Crippen molar-refractivity contribution in [1.29, 1.82) is 0 Å². The summed E-state index contributed by atoms with van der Waals surface area (Å²) in [6.45, 7) is 0. The lowest BCUT2D eigenvalue weighted by atomic mass is 10.2. The first-order valence-corrected chi connectivity index (χ1v) is 13.8. The van der Waals surface area contributed by atoms with Gasteiger partial charge in [0.25, 0.3) is 11.1 Å². The van der Waals surface area contributed by atoms with Crippen LogP contribution in [-0.4, -0.2) is 28.4 Å². The van der Waals surface area contributed by atoms with E-state index in [2.05, 4.69) is 16.0 Å². The minimum atomic E-state index is -3.60. The normalized spacial score (nSPS) is 13.3. The molecule has 5 rings (SSSR count). The topological polar surface area (TPSA) is 124 Å². The Balaban J connectivity index is 1.84. The Morgan fingerprint density at radius 1 is 1.05 bits per heavy atom. The number of nitrogens with zero attached hydrogens (tertiary/aromatic N) is 3. The summed E-state index contributed by atoms with van der Waals surface area (Å²) >= 11 is 6.40. The van der Waals surface area contributed by atoms with Crippen LogP contribution in [-0.2, 0) is 17.1 Å². The third kappa shape index (κ3) is 4.60. The number of fused-ring (bicyclic) bond motifs is 1. The van der Waals surface area contributed by atoms with Crippen molar-refractivity contribution < 1.29 is 8.42 Å². The zero-order valence-corrected chi connectivity index (χ0v) is 21.9. The first-order chi connectivity index (χ1) is 18.0. The molecule has 194 valence electrons. The highest BCUT2D eigenvalue weighted by atomic mass is 35.5. The lowest BCUT2D eigenvalue weighted by Gasteiger charge is -2.19. The van der Waals surface area contributed by atoms with Crippen LogP contribution in [0.5, 0.6) is 0 Å². The minimum absolute atomic E-state index is 0.0415. The Bertz CT molecular complexity index is 1960. The number of hydrogen-bond acceptors (Lipinski definition) is 6. The highest BCUT2D eigenvalue weighted by Gasteiger charge is 2.31. The molecular formula is C26H22ClN5O5S. The van der Waals surface area contributed by atoms with Crippen molar-refractivity contribution in [2.45, 2.75) is 18.9 Å². The van der Waals surface area contributed by atoms with E-state index < -0.39 is 26.8 Å². The molecule has 1 fully saturated rings. The number of benzene rings is 2. The van der Waals surface area contributed by atoms with Gasteiger partial charge in [0, 0.05) is 24.7 Å². The average molecular weight is 552 g/mol. The van der Waals surface area contributed by atoms with Gasteiger partial charge < -0.3 is 5.32 Å². The van der Waals surface area contributed by atoms with Gasteiger partial charge in [-0.15, -0.1) is 6.42 Å². The van der Waals surface area contributed by atoms with Gasteiger partial charge in [-0.25, -0.2) is 17.8 Å². The summed E-state index contributed by atoms with van der Waals surface area (Å²) in [5.74, 6) is 2.49. The highest BCUT2D eigenvalue weighted by molar-refractivity contribution is 7.92. The standard InChI is InChI=1S/C26H22ClN5O5S/c1-4-15-8-11-20(19(27)12-15)28-21-14-22(33)30(2)24-23(21)25(34)32(17-9-10-17)26(35)31(24)18-7-5-6-16(13-18)29-38(3,36)37/h1,5-8,11-14,17,28-29H,9-10H2,2-3H3. The highest BCUT2D eigenvalue weighted by Crippen LogP contribution is 2.34. The van der Waals surface area contributed by atoms with E-state index in [0.29, 0.717) is 24.1 Å². The zero-order chi connectivity index (χ0) is 27.4. The van der Waals surface area contributed by atoms with Crippen LogP contribution < -0.4 is 26.8 Å². The second kappa shape index (κ2) is 9.24. The lowest BCUT2D eigenvalue weighted by Crippen LogP contribution is -2.41. The smallest absolute Gasteiger partial charge is 0.337 e. The van der Waals surface area contributed by atoms with Gasteiger partial charge in [0.15, 0.2) is 0 Å². The van der Waals surface area contributed by atoms with Crippen LogP contribution in [0.2, 0.25) is 5.02 Å². The van der Waals surface area contributed by atoms with Crippen molar-refractivity contribution in [2.75, 3.05) is 16.3 Å². The Hall–Kier alpha value is -4.27. The third-order valence-electron chi connectivity index (χ3n) is 6.18. The SMILES string of the molecule is C#Cc1ccc(Nc2cc(=O)n(C)c3c2c(=O)n(C2CC2)c(=O)n3-c2cccc(NS(C)(=O)=O)c2)c(Cl)c1. The summed E-state index contributed by atoms with van der Waals surface area (Å²) in [6.07, 6.45) is 7.77. The Morgan fingerprint density at radius 2 is 1.79 bits per heavy atom. The van der Waals surface area contributed by atoms with Crippen LogP contribution in [0.25, 0.3) is 16.7 Å². The molecule has 1 aliphatic carbocycles. The first-order valence-electron chi connectivity index (χ1n) is 11.5. The Kier molecular flexibility index (Phi) is 6.17. The van der Waals surface area contributed by atoms with Crippen molar-refractivity contribution in [3.8, 4) is 18.0 Å². The predicted octanol–water partition coefficient (Wildman–Crippen LogP) is 2.94. The molecule has 12 heteroatoms. The van der Waals surface area contributed by atoms with E-state index in [1.807, 2.05) is 0 Å². The van der Waals surface area contributed by atoms with Gasteiger partial charge in [-0.05, 0) is 49.2 Å². The van der Waals surface area contributed by atoms with E-state index in [0.717, 1.165) is 6.26 Å². The maximum Gasteiger partial charge on any atom is 0.337 e. The number of aromatic nitrogens is 3. The van der Waals surface area contributed by atoms with Crippen LogP contribution >= 0.6 is 11.6 Å². The molecule has 4 aromatic rings. The lowest BCUT2D eigenvalue weighted by molar-refractivity contribution is 0.607. The molecule has 1 saturated carbocycles. The summed E-state index contributed by atoms with van der Waals surface area (Å²) in [5.41, 5.74) is -0.0129. The number of terminal acetylenes is 1. The van der Waals surface area contributed by atoms with Crippen molar-refractivity contribution in [3.63, 3.8) is 0 Å². The summed E-state index contributed by atoms with van der Waals surface area (Å²) < 4.78 is 29.6. The molecule has 0 unspecified atom stereocenters. The molecule has 2 N–H and O–H groups in total. The number of nitrogens with one attached hydrogen (secondary N) is 2. The fourth-order valence-electron chi connectivity index (χ4n) is 4.32. The molecule has 0 bridgehead atoms. The van der Waals surface area contributed by atoms with Crippen molar-refractivity contribution >= 4 is 49.7 Å². The number of sulfonamides is 1. The molecule has 0 amide bonds. The quantitative estimate of drug-likeness (QED) is 0.355. The van der Waals surface area contributed by atoms with Gasteiger partial charge in [-0.2, -0.15) is 0 Å². The number of halogens is 1. The van der Waals surface area contributed by atoms with Gasteiger partial charge in [0.1, 0.15) is 11.0 Å². The van der Waals surface area contributed by atoms with E-state index >= 15 is 0 Å². The molecule has 2 heterocycles. The second-order valence-electron chi connectivity index (χ2n) is 9.07. The largest absolute Gasteiger partial charge is 0.353 e. The Labute approximate surface area is 222 Å². The zero-order valence-electron chi connectivity index (χ0n) is 20.4. The van der Waals surface area contributed by atoms with Crippen molar-refractivity contribution in [1.82, 2.24) is 13.7 Å². The summed E-state index contributed by atoms with van der Waals surface area (Å²) in [6, 6.07) is 12.0. The van der Waals surface area contributed by atoms with E-state index in [1.165, 1.54) is 38.9 Å². The molecule has 0 aliphatic heterocycles. The Morgan fingerprint density at radius 3 is 2.42 bits per heavy atom. The van der Waals surface area contributed by atoms with Gasteiger partial charge in [-0.1, -0.05) is 23.6 Å². The van der Waals surface area contributed by atoms with Gasteiger partial charge >= 0.3 is 5.69 Å². The second-order valence-corrected chi connectivity index (χ2v) is 11.2. The molecule has 0 spiro atoms. The molecule has 2 aromatic carbocycles. The number of hydrogen-bond donors (Lipinski definition) is 2.